The van der Waals surface area contributed by atoms with Crippen LogP contribution in [0.3, 0.4) is 0 Å². The molecule has 0 unspecified atom stereocenters. The summed E-state index contributed by atoms with van der Waals surface area (Å²) in [6.07, 6.45) is 6.47. The second-order valence-corrected chi connectivity index (χ2v) is 11.3. The van der Waals surface area contributed by atoms with Crippen LogP contribution in [-0.4, -0.2) is 55.1 Å². The van der Waals surface area contributed by atoms with Gasteiger partial charge in [-0.25, -0.2) is 23.7 Å². The van der Waals surface area contributed by atoms with Crippen molar-refractivity contribution < 1.29 is 8.78 Å². The van der Waals surface area contributed by atoms with E-state index in [1.807, 2.05) is 37.7 Å². The van der Waals surface area contributed by atoms with Crippen molar-refractivity contribution in [2.75, 3.05) is 19.6 Å². The number of halogens is 2. The normalized spacial score (nSPS) is 21.6. The molecule has 2 saturated heterocycles. The molecule has 9 heteroatoms. The van der Waals surface area contributed by atoms with Gasteiger partial charge in [-0.2, -0.15) is 0 Å². The van der Waals surface area contributed by atoms with Crippen LogP contribution in [0.15, 0.2) is 36.8 Å². The maximum absolute atomic E-state index is 15.0. The first-order valence-corrected chi connectivity index (χ1v) is 13.3. The number of nitrogens with one attached hydrogen (secondary N) is 1. The minimum atomic E-state index is -0.504. The van der Waals surface area contributed by atoms with Crippen LogP contribution in [-0.2, 0) is 13.0 Å². The van der Waals surface area contributed by atoms with E-state index in [1.54, 1.807) is 12.1 Å². The molecule has 0 bridgehead atoms. The predicted molar refractivity (Wildman–Crippen MR) is 143 cm³/mol. The fourth-order valence-corrected chi connectivity index (χ4v) is 6.32. The second kappa shape index (κ2) is 9.47. The van der Waals surface area contributed by atoms with Crippen LogP contribution in [0.25, 0.3) is 22.2 Å². The Labute approximate surface area is 221 Å². The Morgan fingerprint density at radius 3 is 2.61 bits per heavy atom. The third-order valence-electron chi connectivity index (χ3n) is 8.08. The number of likely N-dealkylation sites (tertiary alicyclic amines) is 1. The molecule has 7 nitrogen and oxygen atoms in total. The zero-order chi connectivity index (χ0) is 26.6. The number of benzene rings is 1. The van der Waals surface area contributed by atoms with Gasteiger partial charge in [0, 0.05) is 66.3 Å². The van der Waals surface area contributed by atoms with E-state index in [0.717, 1.165) is 37.6 Å². The van der Waals surface area contributed by atoms with E-state index >= 15 is 0 Å². The van der Waals surface area contributed by atoms with Gasteiger partial charge in [-0.05, 0) is 57.5 Å². The highest BCUT2D eigenvalue weighted by molar-refractivity contribution is 5.83. The molecule has 38 heavy (non-hydrogen) atoms. The molecule has 198 valence electrons. The molecule has 3 aromatic heterocycles. The van der Waals surface area contributed by atoms with Crippen molar-refractivity contribution in [1.82, 2.24) is 34.7 Å². The van der Waals surface area contributed by atoms with Gasteiger partial charge in [-0.15, -0.1) is 0 Å². The van der Waals surface area contributed by atoms with Crippen molar-refractivity contribution in [2.45, 2.75) is 59.2 Å². The molecule has 6 rings (SSSR count). The van der Waals surface area contributed by atoms with E-state index in [9.17, 15) is 8.78 Å². The molecular formula is C29H33F2N7. The summed E-state index contributed by atoms with van der Waals surface area (Å²) in [7, 11) is 0. The van der Waals surface area contributed by atoms with E-state index in [0.29, 0.717) is 51.6 Å². The Morgan fingerprint density at radius 1 is 1.08 bits per heavy atom. The zero-order valence-corrected chi connectivity index (χ0v) is 22.3. The maximum Gasteiger partial charge on any atom is 0.151 e. The van der Waals surface area contributed by atoms with Crippen molar-refractivity contribution in [3.05, 3.63) is 71.3 Å². The lowest BCUT2D eigenvalue weighted by Crippen LogP contribution is -2.69. The number of pyridine rings is 1. The number of aryl methyl sites for hydroxylation is 1. The maximum atomic E-state index is 15.0. The average Bonchev–Trinajstić information content (AvgIpc) is 3.22. The molecule has 2 fully saturated rings. The molecule has 0 aliphatic carbocycles. The van der Waals surface area contributed by atoms with Gasteiger partial charge < -0.3 is 9.88 Å². The molecule has 1 N–H and O–H groups in total. The first-order chi connectivity index (χ1) is 18.2. The molecule has 4 aromatic rings. The molecule has 5 heterocycles. The minimum absolute atomic E-state index is 0.0953. The monoisotopic (exact) mass is 517 g/mol. The van der Waals surface area contributed by atoms with Crippen LogP contribution in [0.5, 0.6) is 0 Å². The van der Waals surface area contributed by atoms with E-state index in [-0.39, 0.29) is 6.04 Å². The number of nitrogens with zero attached hydrogens (tertiary/aromatic N) is 6. The first-order valence-electron chi connectivity index (χ1n) is 13.3. The molecule has 0 radical (unpaired) electrons. The van der Waals surface area contributed by atoms with E-state index in [2.05, 4.69) is 37.1 Å². The third-order valence-corrected chi connectivity index (χ3v) is 8.08. The topological polar surface area (TPSA) is 71.8 Å². The number of imidazole rings is 1. The van der Waals surface area contributed by atoms with Crippen LogP contribution in [0.4, 0.5) is 8.78 Å². The molecule has 0 amide bonds. The van der Waals surface area contributed by atoms with E-state index < -0.39 is 11.6 Å². The number of fused-ring (bicyclic) bond motifs is 2. The van der Waals surface area contributed by atoms with Gasteiger partial charge in [0.15, 0.2) is 5.82 Å². The van der Waals surface area contributed by atoms with Crippen molar-refractivity contribution in [3.63, 3.8) is 0 Å². The Hall–Kier alpha value is -3.30. The van der Waals surface area contributed by atoms with Gasteiger partial charge in [-0.3, -0.25) is 9.88 Å². The fraction of sp³-hybridized carbons (Fsp3) is 0.448. The Morgan fingerprint density at radius 2 is 1.87 bits per heavy atom. The van der Waals surface area contributed by atoms with Crippen LogP contribution < -0.4 is 5.32 Å². The van der Waals surface area contributed by atoms with Gasteiger partial charge in [0.2, 0.25) is 0 Å². The highest BCUT2D eigenvalue weighted by atomic mass is 19.1. The molecule has 0 spiro atoms. The smallest absolute Gasteiger partial charge is 0.151 e. The molecule has 0 saturated carbocycles. The second-order valence-electron chi connectivity index (χ2n) is 11.3. The lowest BCUT2D eigenvalue weighted by molar-refractivity contribution is -0.0852. The lowest BCUT2D eigenvalue weighted by atomic mass is 9.69. The van der Waals surface area contributed by atoms with Crippen molar-refractivity contribution in [2.24, 2.45) is 5.41 Å². The number of piperidine rings is 1. The summed E-state index contributed by atoms with van der Waals surface area (Å²) in [4.78, 5) is 20.3. The fourth-order valence-electron chi connectivity index (χ4n) is 6.32. The van der Waals surface area contributed by atoms with Gasteiger partial charge in [-0.1, -0.05) is 6.92 Å². The highest BCUT2D eigenvalue weighted by Gasteiger charge is 2.49. The molecule has 2 aliphatic heterocycles. The van der Waals surface area contributed by atoms with Crippen molar-refractivity contribution in [3.8, 4) is 11.1 Å². The summed E-state index contributed by atoms with van der Waals surface area (Å²) in [5, 5.41) is 3.50. The Kier molecular flexibility index (Phi) is 6.23. The molecule has 2 aliphatic rings. The Balaban J connectivity index is 1.21. The first kappa shape index (κ1) is 25.0. The van der Waals surface area contributed by atoms with Crippen LogP contribution in [0.2, 0.25) is 0 Å². The van der Waals surface area contributed by atoms with E-state index in [1.165, 1.54) is 18.7 Å². The number of aromatic nitrogens is 5. The van der Waals surface area contributed by atoms with Crippen molar-refractivity contribution in [1.29, 1.82) is 0 Å². The number of rotatable bonds is 6. The van der Waals surface area contributed by atoms with E-state index in [4.69, 9.17) is 0 Å². The van der Waals surface area contributed by atoms with Crippen LogP contribution in [0, 0.1) is 24.0 Å². The van der Waals surface area contributed by atoms with Crippen LogP contribution in [0.1, 0.15) is 56.1 Å². The summed E-state index contributed by atoms with van der Waals surface area (Å²) in [5.41, 5.74) is 3.77. The summed E-state index contributed by atoms with van der Waals surface area (Å²) in [5.74, 6) is 0.366. The molecule has 2 atom stereocenters. The lowest BCUT2D eigenvalue weighted by Gasteiger charge is -2.58. The quantitative estimate of drug-likeness (QED) is 0.395. The molecule has 1 aromatic carbocycles. The summed E-state index contributed by atoms with van der Waals surface area (Å²) in [6, 6.07) is 5.51. The van der Waals surface area contributed by atoms with Gasteiger partial charge in [0.25, 0.3) is 0 Å². The molecular weight excluding hydrogens is 484 g/mol. The van der Waals surface area contributed by atoms with Crippen molar-refractivity contribution >= 4 is 11.0 Å². The van der Waals surface area contributed by atoms with Gasteiger partial charge in [0.1, 0.15) is 23.0 Å². The largest absolute Gasteiger partial charge is 0.326 e. The standard InChI is InChI=1S/C29H33F2N7/c1-17(2)38-18(3)36-28-23(30)7-20(8-25(28)38)22-9-21(33-13-24(22)31)10-27-34-11-19(12-35-27)14-37-16-29(4)15-32-6-5-26(29)37/h7-9,11-13,17,26,32H,5-6,10,14-16H2,1-4H3/t26-,29-/m1/s1. The zero-order valence-electron chi connectivity index (χ0n) is 22.3. The number of hydrogen-bond acceptors (Lipinski definition) is 6. The van der Waals surface area contributed by atoms with Gasteiger partial charge >= 0.3 is 0 Å². The summed E-state index contributed by atoms with van der Waals surface area (Å²) in [6.45, 7) is 12.3. The highest BCUT2D eigenvalue weighted by Crippen LogP contribution is 2.41. The average molecular weight is 518 g/mol. The minimum Gasteiger partial charge on any atom is -0.326 e. The summed E-state index contributed by atoms with van der Waals surface area (Å²) < 4.78 is 31.9. The van der Waals surface area contributed by atoms with Crippen LogP contribution >= 0.6 is 0 Å². The Bertz CT molecular complexity index is 1500. The number of hydrogen-bond donors (Lipinski definition) is 1. The van der Waals surface area contributed by atoms with Gasteiger partial charge in [0.05, 0.1) is 18.1 Å². The SMILES string of the molecule is Cc1nc2c(F)cc(-c3cc(Cc4ncc(CN5C[C@@]6(C)CNCC[C@@H]56)cn4)ncc3F)cc2n1C(C)C. The third kappa shape index (κ3) is 4.37. The predicted octanol–water partition coefficient (Wildman–Crippen LogP) is 4.83. The summed E-state index contributed by atoms with van der Waals surface area (Å²) >= 11 is 0.